The zero-order valence-electron chi connectivity index (χ0n) is 38.9. The minimum absolute atomic E-state index is 0.00148. The Balaban J connectivity index is 1.28. The van der Waals surface area contributed by atoms with E-state index in [9.17, 15) is 0 Å². The highest BCUT2D eigenvalue weighted by Gasteiger charge is 2.63. The number of hydrogen-bond donors (Lipinski definition) is 0. The molecule has 60 heavy (non-hydrogen) atoms. The summed E-state index contributed by atoms with van der Waals surface area (Å²) in [7, 11) is 0. The Kier molecular flexibility index (Phi) is 7.88. The summed E-state index contributed by atoms with van der Waals surface area (Å²) in [6.07, 6.45) is 6.98. The van der Waals surface area contributed by atoms with E-state index in [0.29, 0.717) is 11.8 Å². The molecule has 2 nitrogen and oxygen atoms in total. The molecule has 0 saturated heterocycles. The van der Waals surface area contributed by atoms with Crippen molar-refractivity contribution >= 4 is 57.2 Å². The molecule has 3 heteroatoms. The summed E-state index contributed by atoms with van der Waals surface area (Å²) in [5.41, 5.74) is 23.1. The van der Waals surface area contributed by atoms with E-state index in [1.54, 1.807) is 11.1 Å². The molecule has 1 spiro atoms. The van der Waals surface area contributed by atoms with Crippen molar-refractivity contribution in [2.75, 3.05) is 9.80 Å². The summed E-state index contributed by atoms with van der Waals surface area (Å²) in [4.78, 5) is 5.42. The molecule has 4 bridgehead atoms. The molecule has 3 heterocycles. The van der Waals surface area contributed by atoms with Gasteiger partial charge in [0.15, 0.2) is 0 Å². The van der Waals surface area contributed by atoms with Crippen molar-refractivity contribution in [1.82, 2.24) is 0 Å². The molecule has 0 radical (unpaired) electrons. The van der Waals surface area contributed by atoms with Gasteiger partial charge in [-0.2, -0.15) is 0 Å². The Labute approximate surface area is 362 Å². The molecular formula is C57H67BN2. The van der Waals surface area contributed by atoms with E-state index < -0.39 is 0 Å². The Morgan fingerprint density at radius 2 is 1.00 bits per heavy atom. The lowest BCUT2D eigenvalue weighted by atomic mass is 9.32. The van der Waals surface area contributed by atoms with Gasteiger partial charge in [0.25, 0.3) is 6.71 Å². The van der Waals surface area contributed by atoms with Crippen molar-refractivity contribution in [3.63, 3.8) is 0 Å². The van der Waals surface area contributed by atoms with Gasteiger partial charge in [-0.3, -0.25) is 0 Å². The molecule has 4 fully saturated rings. The maximum absolute atomic E-state index is 2.79. The molecule has 4 aliphatic carbocycles. The van der Waals surface area contributed by atoms with Crippen LogP contribution in [0.3, 0.4) is 0 Å². The van der Waals surface area contributed by atoms with Crippen LogP contribution in [0.5, 0.6) is 0 Å². The van der Waals surface area contributed by atoms with Crippen molar-refractivity contribution in [3.05, 3.63) is 124 Å². The fraction of sp³-hybridized carbons (Fsp3) is 0.474. The van der Waals surface area contributed by atoms with Gasteiger partial charge < -0.3 is 9.80 Å². The van der Waals surface area contributed by atoms with Crippen LogP contribution in [0.4, 0.5) is 34.1 Å². The van der Waals surface area contributed by atoms with Crippen molar-refractivity contribution in [2.45, 2.75) is 149 Å². The minimum atomic E-state index is -0.00148. The largest absolute Gasteiger partial charge is 0.311 e. The Bertz CT molecular complexity index is 2610. The van der Waals surface area contributed by atoms with Crippen molar-refractivity contribution < 1.29 is 0 Å². The second-order valence-corrected chi connectivity index (χ2v) is 24.5. The molecule has 12 rings (SSSR count). The average Bonchev–Trinajstić information content (AvgIpc) is 3.15. The van der Waals surface area contributed by atoms with Gasteiger partial charge in [0.2, 0.25) is 0 Å². The average molecular weight is 791 g/mol. The summed E-state index contributed by atoms with van der Waals surface area (Å²) in [5, 5.41) is 0. The highest BCUT2D eigenvalue weighted by Crippen LogP contribution is 2.70. The van der Waals surface area contributed by atoms with Crippen molar-refractivity contribution in [2.24, 2.45) is 23.7 Å². The van der Waals surface area contributed by atoms with E-state index in [4.69, 9.17) is 0 Å². The monoisotopic (exact) mass is 791 g/mol. The summed E-state index contributed by atoms with van der Waals surface area (Å²) >= 11 is 0. The molecule has 5 aromatic rings. The molecule has 5 aromatic carbocycles. The van der Waals surface area contributed by atoms with Crippen LogP contribution in [0.2, 0.25) is 0 Å². The SMILES string of the molecule is Cc1cc(N2c3ccc(C(C)(C)C)cc3B3c4cc(C(C)(C)C)cc5c4N(c4ccc(C(C)(C)C)cc4C54C5CC6CC(C5)CC4C6)c4cccc2c43)cc(C(C)(C)C)c1. The molecular weight excluding hydrogens is 723 g/mol. The minimum Gasteiger partial charge on any atom is -0.311 e. The molecule has 7 aliphatic rings. The van der Waals surface area contributed by atoms with E-state index >= 15 is 0 Å². The third-order valence-electron chi connectivity index (χ3n) is 16.4. The summed E-state index contributed by atoms with van der Waals surface area (Å²) in [6, 6.07) is 35.3. The number of fused-ring (bicyclic) bond motifs is 6. The van der Waals surface area contributed by atoms with Gasteiger partial charge in [-0.25, -0.2) is 0 Å². The summed E-state index contributed by atoms with van der Waals surface area (Å²) < 4.78 is 0. The lowest BCUT2D eigenvalue weighted by molar-refractivity contribution is -0.0420. The van der Waals surface area contributed by atoms with E-state index in [1.165, 1.54) is 110 Å². The standard InChI is InChI=1S/C57H67BN2/c1-33-21-38(55(8,9)10)28-42(22-33)59-48-20-18-37(54(5,6)7)31-45(48)58-46-32-39(56(11,12)13)30-44-52(46)60(50-16-14-15-49(59)51(50)58)47-19-17-36(53(2,3)4)29-43(47)57(44)40-24-34-23-35(26-40)27-41(57)25-34/h14-22,28-32,34-35,40-41H,23-27H2,1-13H3. The molecule has 0 aromatic heterocycles. The van der Waals surface area contributed by atoms with Crippen LogP contribution in [-0.2, 0) is 27.1 Å². The van der Waals surface area contributed by atoms with Crippen LogP contribution in [0.1, 0.15) is 154 Å². The number of anilines is 6. The van der Waals surface area contributed by atoms with E-state index in [0.717, 1.165) is 11.8 Å². The van der Waals surface area contributed by atoms with E-state index in [1.807, 2.05) is 0 Å². The van der Waals surface area contributed by atoms with Crippen LogP contribution in [0.25, 0.3) is 0 Å². The van der Waals surface area contributed by atoms with Crippen molar-refractivity contribution in [1.29, 1.82) is 0 Å². The molecule has 308 valence electrons. The Morgan fingerprint density at radius 3 is 1.60 bits per heavy atom. The number of hydrogen-bond acceptors (Lipinski definition) is 2. The second-order valence-electron chi connectivity index (χ2n) is 24.5. The second kappa shape index (κ2) is 12.2. The first-order valence-corrected chi connectivity index (χ1v) is 23.5. The first-order valence-electron chi connectivity index (χ1n) is 23.5. The lowest BCUT2D eigenvalue weighted by Gasteiger charge is -2.65. The number of rotatable bonds is 1. The third kappa shape index (κ3) is 5.32. The number of benzene rings is 5. The maximum atomic E-state index is 2.79. The van der Waals surface area contributed by atoms with Crippen LogP contribution >= 0.6 is 0 Å². The fourth-order valence-corrected chi connectivity index (χ4v) is 13.6. The van der Waals surface area contributed by atoms with E-state index in [2.05, 4.69) is 185 Å². The predicted octanol–water partition coefficient (Wildman–Crippen LogP) is 13.3. The van der Waals surface area contributed by atoms with Gasteiger partial charge in [-0.15, -0.1) is 0 Å². The molecule has 0 amide bonds. The van der Waals surface area contributed by atoms with Gasteiger partial charge in [-0.05, 0) is 176 Å². The molecule has 0 N–H and O–H groups in total. The van der Waals surface area contributed by atoms with E-state index in [-0.39, 0.29) is 33.8 Å². The zero-order valence-corrected chi connectivity index (χ0v) is 38.9. The number of aryl methyl sites for hydroxylation is 1. The molecule has 0 unspecified atom stereocenters. The third-order valence-corrected chi connectivity index (χ3v) is 16.4. The first-order chi connectivity index (χ1) is 28.1. The normalized spacial score (nSPS) is 24.7. The van der Waals surface area contributed by atoms with Crippen LogP contribution < -0.4 is 26.2 Å². The Morgan fingerprint density at radius 1 is 0.483 bits per heavy atom. The highest BCUT2D eigenvalue weighted by molar-refractivity contribution is 7.00. The quantitative estimate of drug-likeness (QED) is 0.153. The molecule has 4 saturated carbocycles. The number of nitrogens with zero attached hydrogens (tertiary/aromatic N) is 2. The highest BCUT2D eigenvalue weighted by atomic mass is 15.2. The van der Waals surface area contributed by atoms with Crippen molar-refractivity contribution in [3.8, 4) is 0 Å². The van der Waals surface area contributed by atoms with Crippen LogP contribution in [-0.4, -0.2) is 6.71 Å². The zero-order chi connectivity index (χ0) is 42.2. The maximum Gasteiger partial charge on any atom is 0.252 e. The fourth-order valence-electron chi connectivity index (χ4n) is 13.6. The summed E-state index contributed by atoms with van der Waals surface area (Å²) in [6.45, 7) is 31.2. The molecule has 0 atom stereocenters. The molecule has 3 aliphatic heterocycles. The first kappa shape index (κ1) is 38.7. The van der Waals surface area contributed by atoms with Gasteiger partial charge in [0, 0.05) is 33.9 Å². The van der Waals surface area contributed by atoms with Gasteiger partial charge >= 0.3 is 0 Å². The smallest absolute Gasteiger partial charge is 0.252 e. The van der Waals surface area contributed by atoms with Crippen LogP contribution in [0.15, 0.2) is 84.9 Å². The topological polar surface area (TPSA) is 6.48 Å². The van der Waals surface area contributed by atoms with Crippen LogP contribution in [0, 0.1) is 30.6 Å². The van der Waals surface area contributed by atoms with Gasteiger partial charge in [0.1, 0.15) is 0 Å². The van der Waals surface area contributed by atoms with Gasteiger partial charge in [0.05, 0.1) is 5.69 Å². The predicted molar refractivity (Wildman–Crippen MR) is 258 cm³/mol. The van der Waals surface area contributed by atoms with Gasteiger partial charge in [-0.1, -0.05) is 132 Å². The Hall–Kier alpha value is -4.24. The lowest BCUT2D eigenvalue weighted by Crippen LogP contribution is -2.64. The summed E-state index contributed by atoms with van der Waals surface area (Å²) in [5.74, 6) is 3.14.